The Balaban J connectivity index is 2.11. The van der Waals surface area contributed by atoms with Crippen LogP contribution in [0.25, 0.3) is 0 Å². The lowest BCUT2D eigenvalue weighted by Crippen LogP contribution is -2.59. The number of rotatable bonds is 0. The second-order valence-electron chi connectivity index (χ2n) is 4.04. The van der Waals surface area contributed by atoms with E-state index in [1.807, 2.05) is 4.90 Å². The summed E-state index contributed by atoms with van der Waals surface area (Å²) in [4.78, 5) is 13.6. The first-order valence-corrected chi connectivity index (χ1v) is 5.34. The summed E-state index contributed by atoms with van der Waals surface area (Å²) in [5.41, 5.74) is 1.09. The third-order valence-corrected chi connectivity index (χ3v) is 3.08. The van der Waals surface area contributed by atoms with Gasteiger partial charge in [-0.1, -0.05) is 6.07 Å². The topological polar surface area (TPSA) is 44.4 Å². The minimum absolute atomic E-state index is 0.0645. The predicted molar refractivity (Wildman–Crippen MR) is 59.0 cm³/mol. The summed E-state index contributed by atoms with van der Waals surface area (Å²) in [5.74, 6) is -0.338. The zero-order valence-electron chi connectivity index (χ0n) is 8.66. The Labute approximate surface area is 92.4 Å². The van der Waals surface area contributed by atoms with Gasteiger partial charge in [0, 0.05) is 19.6 Å². The van der Waals surface area contributed by atoms with Crippen LogP contribution in [0.1, 0.15) is 0 Å². The molecule has 0 radical (unpaired) electrons. The number of amides is 1. The molecule has 0 aliphatic carbocycles. The van der Waals surface area contributed by atoms with Crippen LogP contribution in [0.3, 0.4) is 0 Å². The van der Waals surface area contributed by atoms with Crippen molar-refractivity contribution in [3.05, 3.63) is 24.0 Å². The van der Waals surface area contributed by atoms with Crippen molar-refractivity contribution in [2.75, 3.05) is 29.9 Å². The number of carbonyl (C=O) groups is 1. The monoisotopic (exact) mass is 221 g/mol. The summed E-state index contributed by atoms with van der Waals surface area (Å²) in [7, 11) is 0. The summed E-state index contributed by atoms with van der Waals surface area (Å²) in [6, 6.07) is 4.47. The van der Waals surface area contributed by atoms with Crippen molar-refractivity contribution in [2.24, 2.45) is 0 Å². The zero-order chi connectivity index (χ0) is 11.1. The number of nitrogens with zero attached hydrogens (tertiary/aromatic N) is 1. The Hall–Kier alpha value is -1.62. The van der Waals surface area contributed by atoms with E-state index in [4.69, 9.17) is 0 Å². The number of piperazine rings is 1. The van der Waals surface area contributed by atoms with Crippen LogP contribution in [0.2, 0.25) is 0 Å². The number of halogens is 1. The molecular formula is C11H12FN3O. The van der Waals surface area contributed by atoms with Crippen molar-refractivity contribution in [3.8, 4) is 0 Å². The molecule has 84 valence electrons. The highest BCUT2D eigenvalue weighted by molar-refractivity contribution is 6.04. The first-order chi connectivity index (χ1) is 7.77. The number of carbonyl (C=O) groups excluding carboxylic acids is 1. The lowest BCUT2D eigenvalue weighted by molar-refractivity contribution is -0.117. The number of hydrogen-bond donors (Lipinski definition) is 2. The van der Waals surface area contributed by atoms with Crippen molar-refractivity contribution in [1.82, 2.24) is 5.32 Å². The van der Waals surface area contributed by atoms with E-state index in [-0.39, 0.29) is 17.8 Å². The maximum absolute atomic E-state index is 13.8. The molecule has 1 saturated heterocycles. The highest BCUT2D eigenvalue weighted by Gasteiger charge is 2.35. The molecule has 0 bridgehead atoms. The molecule has 2 heterocycles. The number of benzene rings is 1. The minimum Gasteiger partial charge on any atom is -0.353 e. The lowest BCUT2D eigenvalue weighted by Gasteiger charge is -2.41. The normalized spacial score (nSPS) is 23.4. The molecule has 1 atom stereocenters. The molecule has 0 saturated carbocycles. The van der Waals surface area contributed by atoms with Gasteiger partial charge in [0.1, 0.15) is 11.9 Å². The quantitative estimate of drug-likeness (QED) is 0.672. The predicted octanol–water partition coefficient (Wildman–Crippen LogP) is 0.556. The van der Waals surface area contributed by atoms with Crippen LogP contribution in [-0.2, 0) is 4.79 Å². The fourth-order valence-corrected chi connectivity index (χ4v) is 2.33. The number of para-hydroxylation sites is 1. The van der Waals surface area contributed by atoms with Crippen molar-refractivity contribution in [3.63, 3.8) is 0 Å². The van der Waals surface area contributed by atoms with Crippen LogP contribution < -0.4 is 15.5 Å². The molecule has 3 rings (SSSR count). The standard InChI is InChI=1S/C11H12FN3O/c12-7-2-1-3-8-10(7)15-5-4-13-6-9(15)11(16)14-8/h1-3,9,13H,4-6H2,(H,14,16). The van der Waals surface area contributed by atoms with Gasteiger partial charge in [-0.25, -0.2) is 4.39 Å². The van der Waals surface area contributed by atoms with Crippen molar-refractivity contribution in [2.45, 2.75) is 6.04 Å². The maximum atomic E-state index is 13.8. The largest absolute Gasteiger partial charge is 0.353 e. The molecule has 1 aromatic rings. The highest BCUT2D eigenvalue weighted by atomic mass is 19.1. The van der Waals surface area contributed by atoms with E-state index in [0.717, 1.165) is 6.54 Å². The van der Waals surface area contributed by atoms with Gasteiger partial charge in [-0.05, 0) is 12.1 Å². The number of fused-ring (bicyclic) bond motifs is 3. The van der Waals surface area contributed by atoms with Gasteiger partial charge in [0.2, 0.25) is 5.91 Å². The average molecular weight is 221 g/mol. The smallest absolute Gasteiger partial charge is 0.248 e. The first-order valence-electron chi connectivity index (χ1n) is 5.34. The van der Waals surface area contributed by atoms with Crippen LogP contribution in [0.5, 0.6) is 0 Å². The molecule has 4 nitrogen and oxygen atoms in total. The van der Waals surface area contributed by atoms with E-state index in [2.05, 4.69) is 10.6 Å². The van der Waals surface area contributed by atoms with E-state index in [9.17, 15) is 9.18 Å². The third kappa shape index (κ3) is 1.28. The molecule has 1 fully saturated rings. The van der Waals surface area contributed by atoms with E-state index >= 15 is 0 Å². The van der Waals surface area contributed by atoms with Crippen molar-refractivity contribution < 1.29 is 9.18 Å². The maximum Gasteiger partial charge on any atom is 0.248 e. The summed E-state index contributed by atoms with van der Waals surface area (Å²) >= 11 is 0. The molecular weight excluding hydrogens is 209 g/mol. The van der Waals surface area contributed by atoms with Gasteiger partial charge in [0.05, 0.1) is 11.4 Å². The van der Waals surface area contributed by atoms with Crippen LogP contribution in [0, 0.1) is 5.82 Å². The van der Waals surface area contributed by atoms with Crippen LogP contribution in [-0.4, -0.2) is 31.6 Å². The van der Waals surface area contributed by atoms with Gasteiger partial charge in [-0.2, -0.15) is 0 Å². The van der Waals surface area contributed by atoms with Gasteiger partial charge < -0.3 is 15.5 Å². The van der Waals surface area contributed by atoms with Crippen LogP contribution >= 0.6 is 0 Å². The van der Waals surface area contributed by atoms with Crippen LogP contribution in [0.4, 0.5) is 15.8 Å². The summed E-state index contributed by atoms with van der Waals surface area (Å²) in [5, 5.41) is 5.88. The average Bonchev–Trinajstić information content (AvgIpc) is 2.29. The van der Waals surface area contributed by atoms with Crippen molar-refractivity contribution >= 4 is 17.3 Å². The van der Waals surface area contributed by atoms with Gasteiger partial charge in [-0.3, -0.25) is 4.79 Å². The van der Waals surface area contributed by atoms with E-state index < -0.39 is 0 Å². The van der Waals surface area contributed by atoms with E-state index in [0.29, 0.717) is 24.5 Å². The number of hydrogen-bond acceptors (Lipinski definition) is 3. The molecule has 0 aromatic heterocycles. The van der Waals surface area contributed by atoms with Gasteiger partial charge >= 0.3 is 0 Å². The Morgan fingerprint density at radius 3 is 3.19 bits per heavy atom. The van der Waals surface area contributed by atoms with Crippen molar-refractivity contribution in [1.29, 1.82) is 0 Å². The summed E-state index contributed by atoms with van der Waals surface area (Å²) in [6.07, 6.45) is 0. The molecule has 2 N–H and O–H groups in total. The molecule has 5 heteroatoms. The Morgan fingerprint density at radius 2 is 2.31 bits per heavy atom. The fraction of sp³-hybridized carbons (Fsp3) is 0.364. The molecule has 1 unspecified atom stereocenters. The minimum atomic E-state index is -0.293. The third-order valence-electron chi connectivity index (χ3n) is 3.08. The molecule has 0 spiro atoms. The SMILES string of the molecule is O=C1Nc2cccc(F)c2N2CCNCC12. The second kappa shape index (κ2) is 3.45. The summed E-state index contributed by atoms with van der Waals surface area (Å²) in [6.45, 7) is 2.00. The second-order valence-corrected chi connectivity index (χ2v) is 4.04. The van der Waals surface area contributed by atoms with Gasteiger partial charge in [0.15, 0.2) is 0 Å². The highest BCUT2D eigenvalue weighted by Crippen LogP contribution is 2.34. The fourth-order valence-electron chi connectivity index (χ4n) is 2.33. The number of nitrogens with one attached hydrogen (secondary N) is 2. The van der Waals surface area contributed by atoms with E-state index in [1.54, 1.807) is 12.1 Å². The molecule has 2 aliphatic heterocycles. The zero-order valence-corrected chi connectivity index (χ0v) is 8.66. The first kappa shape index (κ1) is 9.59. The molecule has 1 amide bonds. The summed E-state index contributed by atoms with van der Waals surface area (Å²) < 4.78 is 13.8. The Bertz CT molecular complexity index is 449. The lowest BCUT2D eigenvalue weighted by atomic mass is 10.1. The molecule has 2 aliphatic rings. The van der Waals surface area contributed by atoms with Crippen LogP contribution in [0.15, 0.2) is 18.2 Å². The van der Waals surface area contributed by atoms with E-state index in [1.165, 1.54) is 6.07 Å². The van der Waals surface area contributed by atoms with Gasteiger partial charge in [0.25, 0.3) is 0 Å². The Morgan fingerprint density at radius 1 is 1.44 bits per heavy atom. The Kier molecular flexibility index (Phi) is 2.07. The number of anilines is 2. The van der Waals surface area contributed by atoms with Gasteiger partial charge in [-0.15, -0.1) is 0 Å². The molecule has 1 aromatic carbocycles. The molecule has 16 heavy (non-hydrogen) atoms.